The summed E-state index contributed by atoms with van der Waals surface area (Å²) in [6.45, 7) is -10.6. The zero-order chi connectivity index (χ0) is 30.0. The van der Waals surface area contributed by atoms with Crippen LogP contribution in [0.1, 0.15) is 12.5 Å². The summed E-state index contributed by atoms with van der Waals surface area (Å²) in [6.07, 6.45) is -10.6. The van der Waals surface area contributed by atoms with Gasteiger partial charge in [-0.05, 0) is 0 Å². The van der Waals surface area contributed by atoms with E-state index in [4.69, 9.17) is 57.4 Å². The number of hydrogen-bond acceptors (Lipinski definition) is 16. The number of anilines is 1. The number of hydrogen-bond donors (Lipinski definition) is 2. The van der Waals surface area contributed by atoms with Crippen LogP contribution in [0.15, 0.2) is 34.5 Å². The summed E-state index contributed by atoms with van der Waals surface area (Å²) in [4.78, 5) is 50.6. The van der Waals surface area contributed by atoms with Crippen molar-refractivity contribution in [1.29, 1.82) is 0 Å². The molecular formula is C19H19F2N7O10P2S2-2. The smallest absolute Gasteiger partial charge is 0.330 e. The maximum Gasteiger partial charge on any atom is 0.330 e. The van der Waals surface area contributed by atoms with Crippen LogP contribution < -0.4 is 21.9 Å². The lowest BCUT2D eigenvalue weighted by atomic mass is 10.1. The SMILES string of the molecule is Nc1ncnc2c1ncn2[C@@H]1O[C@@H]2COP(=O)([S-])O[C@@H]3C(F)[C@H](n4ccc(=O)[nH]c4=O)O[C@@H]3COP([O-])(=S)O[C@@H]2C1F. The second-order valence-corrected chi connectivity index (χ2v) is 14.7. The van der Waals surface area contributed by atoms with Crippen molar-refractivity contribution in [1.82, 2.24) is 29.1 Å². The molecule has 10 atom stereocenters. The normalized spacial score (nSPS) is 39.3. The van der Waals surface area contributed by atoms with Gasteiger partial charge in [-0.25, -0.2) is 28.5 Å². The van der Waals surface area contributed by atoms with Gasteiger partial charge in [-0.2, -0.15) is 0 Å². The number of nitrogen functional groups attached to an aromatic ring is 1. The molecule has 3 aromatic rings. The molecule has 3 aliphatic heterocycles. The minimum Gasteiger partial charge on any atom is -0.780 e. The first-order valence-electron chi connectivity index (χ1n) is 11.9. The molecule has 4 unspecified atom stereocenters. The Morgan fingerprint density at radius 3 is 2.38 bits per heavy atom. The van der Waals surface area contributed by atoms with Crippen LogP contribution in [0.3, 0.4) is 0 Å². The predicted molar refractivity (Wildman–Crippen MR) is 140 cm³/mol. The number of H-pyrrole nitrogens is 1. The molecule has 3 N–H and O–H groups in total. The van der Waals surface area contributed by atoms with Crippen LogP contribution in [0.4, 0.5) is 14.6 Å². The largest absolute Gasteiger partial charge is 0.780 e. The number of nitrogens with one attached hydrogen (secondary N) is 1. The van der Waals surface area contributed by atoms with E-state index in [1.807, 2.05) is 4.98 Å². The van der Waals surface area contributed by atoms with Crippen LogP contribution >= 0.6 is 13.5 Å². The molecule has 3 saturated heterocycles. The number of aromatic amines is 1. The molecule has 0 radical (unpaired) electrons. The first-order chi connectivity index (χ1) is 19.8. The monoisotopic (exact) mass is 669 g/mol. The number of rotatable bonds is 2. The third-order valence-electron chi connectivity index (χ3n) is 6.62. The van der Waals surface area contributed by atoms with Gasteiger partial charge in [0.2, 0.25) is 0 Å². The van der Waals surface area contributed by atoms with Crippen LogP contribution in [0.2, 0.25) is 0 Å². The topological polar surface area (TPSA) is 220 Å². The number of aromatic nitrogens is 6. The van der Waals surface area contributed by atoms with E-state index in [1.54, 1.807) is 0 Å². The molecule has 3 aliphatic rings. The second-order valence-electron chi connectivity index (χ2n) is 9.25. The molecule has 0 aromatic carbocycles. The molecule has 42 heavy (non-hydrogen) atoms. The molecule has 0 bridgehead atoms. The maximum absolute atomic E-state index is 15.8. The third kappa shape index (κ3) is 5.59. The van der Waals surface area contributed by atoms with E-state index < -0.39 is 87.2 Å². The molecule has 6 heterocycles. The van der Waals surface area contributed by atoms with Crippen molar-refractivity contribution in [2.24, 2.45) is 0 Å². The van der Waals surface area contributed by atoms with Gasteiger partial charge in [0, 0.05) is 12.3 Å². The standard InChI is InChI=1S/C19H21F2N7O10P2S2/c20-10-13-7(35-17(10)27-2-1-9(29)26-19(27)30)3-33-40(32,42)38-14-8(4-34-39(31,41)37-13)36-18(11(14)21)28-6-25-12-15(22)23-5-24-16(12)28/h1-2,5-8,10-11,13-14,17-18H,3-4H2,(H,31,41)(H,32,42)(H2,22,23,24)(H,26,29,30)/p-2/t7-,8-,10?,11?,13+,14+,17-,18-,39?,40?/m1/s1. The van der Waals surface area contributed by atoms with Crippen molar-refractivity contribution < 1.29 is 45.8 Å². The molecule has 0 aliphatic carbocycles. The molecule has 0 amide bonds. The summed E-state index contributed by atoms with van der Waals surface area (Å²) in [6, 6.07) is 0.944. The van der Waals surface area contributed by atoms with Crippen molar-refractivity contribution in [3.8, 4) is 0 Å². The van der Waals surface area contributed by atoms with Gasteiger partial charge in [0.1, 0.15) is 43.0 Å². The minimum absolute atomic E-state index is 0.0254. The molecular weight excluding hydrogens is 650 g/mol. The summed E-state index contributed by atoms with van der Waals surface area (Å²) in [7, 11) is 0. The van der Waals surface area contributed by atoms with E-state index in [2.05, 4.69) is 15.0 Å². The Kier molecular flexibility index (Phi) is 7.89. The Bertz CT molecular complexity index is 1730. The molecule has 3 aromatic heterocycles. The van der Waals surface area contributed by atoms with Gasteiger partial charge in [-0.15, -0.1) is 0 Å². The fourth-order valence-electron chi connectivity index (χ4n) is 4.73. The number of nitrogens with zero attached hydrogens (tertiary/aromatic N) is 5. The van der Waals surface area contributed by atoms with E-state index >= 15 is 8.78 Å². The summed E-state index contributed by atoms with van der Waals surface area (Å²) >= 11 is 9.90. The lowest BCUT2D eigenvalue weighted by Gasteiger charge is -2.36. The Hall–Kier alpha value is -2.16. The van der Waals surface area contributed by atoms with Crippen molar-refractivity contribution >= 4 is 54.6 Å². The quantitative estimate of drug-likeness (QED) is 0.259. The average molecular weight is 669 g/mol. The van der Waals surface area contributed by atoms with Crippen molar-refractivity contribution in [3.05, 3.63) is 45.8 Å². The van der Waals surface area contributed by atoms with Gasteiger partial charge in [0.05, 0.1) is 19.5 Å². The lowest BCUT2D eigenvalue weighted by Crippen LogP contribution is -2.38. The van der Waals surface area contributed by atoms with Gasteiger partial charge in [0.25, 0.3) is 5.56 Å². The van der Waals surface area contributed by atoms with Crippen LogP contribution in [-0.2, 0) is 56.2 Å². The number of nitrogens with two attached hydrogens (primary N) is 1. The zero-order valence-corrected chi connectivity index (χ0v) is 24.1. The highest BCUT2D eigenvalue weighted by Crippen LogP contribution is 2.54. The molecule has 0 saturated carbocycles. The Labute approximate surface area is 243 Å². The van der Waals surface area contributed by atoms with Gasteiger partial charge in [-0.3, -0.25) is 23.5 Å². The molecule has 0 spiro atoms. The van der Waals surface area contributed by atoms with Gasteiger partial charge in [-0.1, -0.05) is 11.8 Å². The van der Waals surface area contributed by atoms with Crippen LogP contribution in [0, 0.1) is 0 Å². The lowest BCUT2D eigenvalue weighted by molar-refractivity contribution is -0.217. The van der Waals surface area contributed by atoms with Crippen molar-refractivity contribution in [3.63, 3.8) is 0 Å². The minimum atomic E-state index is -4.56. The molecule has 6 rings (SSSR count). The molecule has 23 heteroatoms. The summed E-state index contributed by atoms with van der Waals surface area (Å²) in [5.74, 6) is 0.0254. The summed E-state index contributed by atoms with van der Waals surface area (Å²) in [5, 5.41) is 0. The highest BCUT2D eigenvalue weighted by Gasteiger charge is 2.52. The fraction of sp³-hybridized carbons (Fsp3) is 0.526. The third-order valence-corrected chi connectivity index (χ3v) is 9.70. The first kappa shape index (κ1) is 29.9. The Morgan fingerprint density at radius 1 is 1.05 bits per heavy atom. The van der Waals surface area contributed by atoms with Crippen molar-refractivity contribution in [2.45, 2.75) is 49.2 Å². The van der Waals surface area contributed by atoms with E-state index in [0.717, 1.165) is 18.6 Å². The number of alkyl halides is 2. The molecule has 17 nitrogen and oxygen atoms in total. The van der Waals surface area contributed by atoms with E-state index in [-0.39, 0.29) is 17.0 Å². The molecule has 228 valence electrons. The van der Waals surface area contributed by atoms with Crippen molar-refractivity contribution in [2.75, 3.05) is 18.9 Å². The highest BCUT2D eigenvalue weighted by molar-refractivity contribution is 8.32. The van der Waals surface area contributed by atoms with E-state index in [0.29, 0.717) is 4.57 Å². The summed E-state index contributed by atoms with van der Waals surface area (Å²) in [5.41, 5.74) is 4.30. The zero-order valence-electron chi connectivity index (χ0n) is 20.7. The second kappa shape index (κ2) is 11.1. The van der Waals surface area contributed by atoms with E-state index in [9.17, 15) is 19.0 Å². The number of ether oxygens (including phenoxy) is 2. The van der Waals surface area contributed by atoms with Gasteiger partial charge >= 0.3 is 5.69 Å². The number of fused-ring (bicyclic) bond motifs is 3. The highest BCUT2D eigenvalue weighted by atomic mass is 32.7. The summed E-state index contributed by atoms with van der Waals surface area (Å²) < 4.78 is 78.9. The molecule has 3 fully saturated rings. The predicted octanol–water partition coefficient (Wildman–Crippen LogP) is -0.513. The van der Waals surface area contributed by atoms with Crippen LogP contribution in [0.5, 0.6) is 0 Å². The van der Waals surface area contributed by atoms with Gasteiger partial charge in [0.15, 0.2) is 43.1 Å². The Balaban J connectivity index is 1.28. The van der Waals surface area contributed by atoms with Crippen LogP contribution in [-0.4, -0.2) is 79.0 Å². The maximum atomic E-state index is 15.8. The van der Waals surface area contributed by atoms with Gasteiger partial charge < -0.3 is 50.4 Å². The number of imidazole rings is 1. The Morgan fingerprint density at radius 2 is 1.69 bits per heavy atom. The fourth-order valence-corrected chi connectivity index (χ4v) is 7.57. The first-order valence-corrected chi connectivity index (χ1v) is 17.1. The van der Waals surface area contributed by atoms with E-state index in [1.165, 1.54) is 10.9 Å². The van der Waals surface area contributed by atoms with Crippen LogP contribution in [0.25, 0.3) is 11.2 Å². The average Bonchev–Trinajstić information content (AvgIpc) is 3.57. The number of halogens is 2.